The van der Waals surface area contributed by atoms with Crippen molar-refractivity contribution in [2.75, 3.05) is 0 Å². The summed E-state index contributed by atoms with van der Waals surface area (Å²) in [5.41, 5.74) is -0.111. The van der Waals surface area contributed by atoms with Gasteiger partial charge in [-0.1, -0.05) is 28.8 Å². The van der Waals surface area contributed by atoms with E-state index in [0.29, 0.717) is 18.4 Å². The molecule has 5 heteroatoms. The molecule has 0 spiro atoms. The number of benzene rings is 1. The summed E-state index contributed by atoms with van der Waals surface area (Å²) in [6.07, 6.45) is -3.35. The van der Waals surface area contributed by atoms with Gasteiger partial charge in [0.2, 0.25) is 0 Å². The van der Waals surface area contributed by atoms with Gasteiger partial charge in [0.1, 0.15) is 0 Å². The van der Waals surface area contributed by atoms with Gasteiger partial charge in [0.25, 0.3) is 0 Å². The maximum Gasteiger partial charge on any atom is 0.416 e. The van der Waals surface area contributed by atoms with Crippen LogP contribution in [0.5, 0.6) is 0 Å². The number of halogens is 5. The van der Waals surface area contributed by atoms with Crippen LogP contribution in [0.15, 0.2) is 23.8 Å². The minimum Gasteiger partial charge on any atom is -0.166 e. The van der Waals surface area contributed by atoms with E-state index in [0.717, 1.165) is 0 Å². The predicted octanol–water partition coefficient (Wildman–Crippen LogP) is 5.10. The van der Waals surface area contributed by atoms with E-state index < -0.39 is 11.7 Å². The maximum absolute atomic E-state index is 12.8. The van der Waals surface area contributed by atoms with Gasteiger partial charge in [-0.2, -0.15) is 13.2 Å². The zero-order chi connectivity index (χ0) is 11.9. The average molecular weight is 267 g/mol. The fraction of sp³-hybridized carbons (Fsp3) is 0.273. The average Bonchev–Trinajstić information content (AvgIpc) is 2.83. The molecule has 16 heavy (non-hydrogen) atoms. The zero-order valence-electron chi connectivity index (χ0n) is 8.04. The molecule has 0 N–H and O–H groups in total. The summed E-state index contributed by atoms with van der Waals surface area (Å²) in [6.45, 7) is 0. The van der Waals surface area contributed by atoms with Gasteiger partial charge >= 0.3 is 6.18 Å². The second-order valence-electron chi connectivity index (χ2n) is 3.63. The lowest BCUT2D eigenvalue weighted by Crippen LogP contribution is -2.11. The maximum atomic E-state index is 12.8. The lowest BCUT2D eigenvalue weighted by atomic mass is 10.0. The van der Waals surface area contributed by atoms with Crippen molar-refractivity contribution in [3.05, 3.63) is 39.4 Å². The molecule has 0 nitrogen and oxygen atoms in total. The van der Waals surface area contributed by atoms with Gasteiger partial charge in [0, 0.05) is 10.0 Å². The molecule has 0 saturated heterocycles. The normalized spacial score (nSPS) is 15.2. The Balaban J connectivity index is 2.53. The fourth-order valence-electron chi connectivity index (χ4n) is 1.58. The van der Waals surface area contributed by atoms with Crippen molar-refractivity contribution in [1.82, 2.24) is 0 Å². The molecule has 0 heterocycles. The zero-order valence-corrected chi connectivity index (χ0v) is 9.55. The van der Waals surface area contributed by atoms with Crippen LogP contribution in [0.4, 0.5) is 13.2 Å². The lowest BCUT2D eigenvalue weighted by molar-refractivity contribution is -0.0691. The topological polar surface area (TPSA) is 0 Å². The molecule has 86 valence electrons. The molecule has 0 aromatic heterocycles. The SMILES string of the molecule is FC(F)(F)C(=C1CC1)c1cc(Cl)cc(Cl)c1. The van der Waals surface area contributed by atoms with Crippen molar-refractivity contribution in [3.8, 4) is 0 Å². The van der Waals surface area contributed by atoms with Crippen LogP contribution in [-0.4, -0.2) is 6.18 Å². The van der Waals surface area contributed by atoms with Gasteiger partial charge in [-0.15, -0.1) is 0 Å². The van der Waals surface area contributed by atoms with Crippen LogP contribution in [0.25, 0.3) is 5.57 Å². The van der Waals surface area contributed by atoms with Crippen LogP contribution < -0.4 is 0 Å². The van der Waals surface area contributed by atoms with Crippen LogP contribution in [0, 0.1) is 0 Å². The molecule has 1 aliphatic carbocycles. The van der Waals surface area contributed by atoms with Gasteiger partial charge in [0.05, 0.1) is 5.57 Å². The summed E-state index contributed by atoms with van der Waals surface area (Å²) in [7, 11) is 0. The third-order valence-corrected chi connectivity index (χ3v) is 2.72. The van der Waals surface area contributed by atoms with Crippen LogP contribution in [0.2, 0.25) is 10.0 Å². The molecule has 0 radical (unpaired) electrons. The number of rotatable bonds is 1. The smallest absolute Gasteiger partial charge is 0.166 e. The van der Waals surface area contributed by atoms with Crippen molar-refractivity contribution < 1.29 is 13.2 Å². The van der Waals surface area contributed by atoms with Crippen molar-refractivity contribution in [1.29, 1.82) is 0 Å². The first-order valence-electron chi connectivity index (χ1n) is 4.63. The Morgan fingerprint density at radius 3 is 1.88 bits per heavy atom. The van der Waals surface area contributed by atoms with Gasteiger partial charge in [0.15, 0.2) is 0 Å². The first-order valence-corrected chi connectivity index (χ1v) is 5.39. The second-order valence-corrected chi connectivity index (χ2v) is 4.51. The third-order valence-electron chi connectivity index (χ3n) is 2.29. The molecule has 1 fully saturated rings. The quantitative estimate of drug-likeness (QED) is 0.663. The largest absolute Gasteiger partial charge is 0.416 e. The van der Waals surface area contributed by atoms with E-state index in [1.165, 1.54) is 18.2 Å². The van der Waals surface area contributed by atoms with Crippen LogP contribution >= 0.6 is 23.2 Å². The van der Waals surface area contributed by atoms with E-state index in [4.69, 9.17) is 23.2 Å². The minimum atomic E-state index is -4.35. The molecule has 1 aliphatic rings. The van der Waals surface area contributed by atoms with E-state index in [2.05, 4.69) is 0 Å². The molecule has 0 unspecified atom stereocenters. The van der Waals surface area contributed by atoms with Gasteiger partial charge in [-0.3, -0.25) is 0 Å². The molecule has 1 saturated carbocycles. The molecule has 0 bridgehead atoms. The van der Waals surface area contributed by atoms with Gasteiger partial charge in [-0.05, 0) is 36.6 Å². The highest BCUT2D eigenvalue weighted by Crippen LogP contribution is 2.45. The molecule has 1 aromatic carbocycles. The van der Waals surface area contributed by atoms with Crippen molar-refractivity contribution in [2.45, 2.75) is 19.0 Å². The minimum absolute atomic E-state index is 0.0532. The molecular weight excluding hydrogens is 260 g/mol. The summed E-state index contributed by atoms with van der Waals surface area (Å²) >= 11 is 11.4. The Bertz CT molecular complexity index is 435. The Kier molecular flexibility index (Phi) is 2.93. The summed E-state index contributed by atoms with van der Waals surface area (Å²) in [6, 6.07) is 4.00. The highest BCUT2D eigenvalue weighted by molar-refractivity contribution is 6.34. The number of alkyl halides is 3. The molecule has 0 aliphatic heterocycles. The van der Waals surface area contributed by atoms with Crippen molar-refractivity contribution >= 4 is 28.8 Å². The number of allylic oxidation sites excluding steroid dienone is 2. The summed E-state index contributed by atoms with van der Waals surface area (Å²) < 4.78 is 38.4. The molecule has 2 rings (SSSR count). The van der Waals surface area contributed by atoms with E-state index in [9.17, 15) is 13.2 Å². The molecule has 0 amide bonds. The first-order chi connectivity index (χ1) is 7.38. The predicted molar refractivity (Wildman–Crippen MR) is 58.7 cm³/mol. The Labute approximate surface area is 101 Å². The second kappa shape index (κ2) is 3.97. The van der Waals surface area contributed by atoms with Gasteiger partial charge in [-0.25, -0.2) is 0 Å². The molecular formula is C11H7Cl2F3. The van der Waals surface area contributed by atoms with Crippen molar-refractivity contribution in [3.63, 3.8) is 0 Å². The highest BCUT2D eigenvalue weighted by Gasteiger charge is 2.39. The first kappa shape index (κ1) is 11.8. The van der Waals surface area contributed by atoms with E-state index in [-0.39, 0.29) is 15.6 Å². The standard InChI is InChI=1S/C11H7Cl2F3/c12-8-3-7(4-9(13)5-8)10(6-1-2-6)11(14,15)16/h3-5H,1-2H2. The van der Waals surface area contributed by atoms with E-state index in [1.54, 1.807) is 0 Å². The monoisotopic (exact) mass is 266 g/mol. The molecule has 1 aromatic rings. The van der Waals surface area contributed by atoms with E-state index in [1.807, 2.05) is 0 Å². The summed E-state index contributed by atoms with van der Waals surface area (Å²) in [5.74, 6) is 0. The van der Waals surface area contributed by atoms with Crippen LogP contribution in [-0.2, 0) is 0 Å². The van der Waals surface area contributed by atoms with E-state index >= 15 is 0 Å². The Morgan fingerprint density at radius 2 is 1.50 bits per heavy atom. The van der Waals surface area contributed by atoms with Crippen molar-refractivity contribution in [2.24, 2.45) is 0 Å². The van der Waals surface area contributed by atoms with Gasteiger partial charge < -0.3 is 0 Å². The molecule has 0 atom stereocenters. The van der Waals surface area contributed by atoms with Crippen LogP contribution in [0.1, 0.15) is 18.4 Å². The highest BCUT2D eigenvalue weighted by atomic mass is 35.5. The summed E-state index contributed by atoms with van der Waals surface area (Å²) in [4.78, 5) is 0. The number of hydrogen-bond donors (Lipinski definition) is 0. The Hall–Kier alpha value is -0.670. The third kappa shape index (κ3) is 2.53. The van der Waals surface area contributed by atoms with Crippen LogP contribution in [0.3, 0.4) is 0 Å². The number of hydrogen-bond acceptors (Lipinski definition) is 0. The fourth-order valence-corrected chi connectivity index (χ4v) is 2.10. The Morgan fingerprint density at radius 1 is 1.00 bits per heavy atom. The lowest BCUT2D eigenvalue weighted by Gasteiger charge is -2.12. The summed E-state index contributed by atoms with van der Waals surface area (Å²) in [5, 5.41) is 0.427.